The zero-order chi connectivity index (χ0) is 19.2. The number of rotatable bonds is 7. The number of hydrogen-bond acceptors (Lipinski definition) is 7. The molecule has 27 heavy (non-hydrogen) atoms. The summed E-state index contributed by atoms with van der Waals surface area (Å²) in [5.74, 6) is 1.27. The first-order valence-electron chi connectivity index (χ1n) is 8.37. The van der Waals surface area contributed by atoms with Crippen molar-refractivity contribution in [3.8, 4) is 17.2 Å². The summed E-state index contributed by atoms with van der Waals surface area (Å²) in [7, 11) is 4.63. The van der Waals surface area contributed by atoms with E-state index in [-0.39, 0.29) is 5.91 Å². The lowest BCUT2D eigenvalue weighted by atomic mass is 10.0. The van der Waals surface area contributed by atoms with Gasteiger partial charge >= 0.3 is 0 Å². The number of carbonyl (C=O) groups excluding carboxylic acids is 1. The Bertz CT molecular complexity index is 813. The third-order valence-electron chi connectivity index (χ3n) is 4.13. The quantitative estimate of drug-likeness (QED) is 0.800. The fraction of sp³-hybridized carbons (Fsp3) is 0.316. The molecule has 1 aliphatic heterocycles. The zero-order valence-corrected chi connectivity index (χ0v) is 15.4. The van der Waals surface area contributed by atoms with Crippen LogP contribution in [0.25, 0.3) is 0 Å². The average Bonchev–Trinajstić information content (AvgIpc) is 3.22. The molecule has 0 fully saturated rings. The summed E-state index contributed by atoms with van der Waals surface area (Å²) in [6.07, 6.45) is 1.33. The molecule has 1 aliphatic rings. The Morgan fingerprint density at radius 3 is 2.52 bits per heavy atom. The van der Waals surface area contributed by atoms with E-state index in [0.29, 0.717) is 35.9 Å². The summed E-state index contributed by atoms with van der Waals surface area (Å²) in [5, 5.41) is 6.87. The average molecular weight is 371 g/mol. The van der Waals surface area contributed by atoms with E-state index in [0.717, 1.165) is 11.3 Å². The number of amides is 1. The summed E-state index contributed by atoms with van der Waals surface area (Å²) >= 11 is 0. The second kappa shape index (κ2) is 8.39. The molecule has 8 heteroatoms. The van der Waals surface area contributed by atoms with Gasteiger partial charge in [-0.25, -0.2) is 0 Å². The van der Waals surface area contributed by atoms with Crippen LogP contribution in [0, 0.1) is 0 Å². The van der Waals surface area contributed by atoms with Crippen molar-refractivity contribution in [2.24, 2.45) is 5.16 Å². The van der Waals surface area contributed by atoms with E-state index in [1.54, 1.807) is 32.5 Å². The van der Waals surface area contributed by atoms with E-state index < -0.39 is 6.10 Å². The van der Waals surface area contributed by atoms with Crippen molar-refractivity contribution >= 4 is 11.6 Å². The maximum Gasteiger partial charge on any atom is 0.264 e. The molecule has 2 aromatic rings. The van der Waals surface area contributed by atoms with Gasteiger partial charge in [-0.15, -0.1) is 0 Å². The number of aromatic nitrogens is 1. The SMILES string of the molecule is COc1cc(C2=NO[C@H](C(=O)NCc3ccccn3)C2)cc(OC)c1OC. The zero-order valence-electron chi connectivity index (χ0n) is 15.4. The Morgan fingerprint density at radius 2 is 1.93 bits per heavy atom. The lowest BCUT2D eigenvalue weighted by Crippen LogP contribution is -2.34. The molecular formula is C19H21N3O5. The molecule has 0 spiro atoms. The second-order valence-electron chi connectivity index (χ2n) is 5.79. The van der Waals surface area contributed by atoms with E-state index in [4.69, 9.17) is 19.0 Å². The van der Waals surface area contributed by atoms with E-state index in [9.17, 15) is 4.79 Å². The van der Waals surface area contributed by atoms with Gasteiger partial charge in [-0.2, -0.15) is 0 Å². The lowest BCUT2D eigenvalue weighted by molar-refractivity contribution is -0.131. The van der Waals surface area contributed by atoms with E-state index in [1.807, 2.05) is 18.2 Å². The molecular weight excluding hydrogens is 350 g/mol. The highest BCUT2D eigenvalue weighted by molar-refractivity contribution is 6.04. The van der Waals surface area contributed by atoms with Crippen molar-refractivity contribution in [3.63, 3.8) is 0 Å². The van der Waals surface area contributed by atoms with E-state index in [1.165, 1.54) is 7.11 Å². The van der Waals surface area contributed by atoms with E-state index in [2.05, 4.69) is 15.5 Å². The minimum Gasteiger partial charge on any atom is -0.493 e. The van der Waals surface area contributed by atoms with Crippen LogP contribution in [0.1, 0.15) is 17.7 Å². The minimum atomic E-state index is -0.692. The smallest absolute Gasteiger partial charge is 0.264 e. The molecule has 1 aromatic carbocycles. The molecule has 0 saturated heterocycles. The lowest BCUT2D eigenvalue weighted by Gasteiger charge is -2.13. The third kappa shape index (κ3) is 4.11. The van der Waals surface area contributed by atoms with Crippen LogP contribution in [-0.2, 0) is 16.2 Å². The minimum absolute atomic E-state index is 0.244. The van der Waals surface area contributed by atoms with Crippen molar-refractivity contribution in [1.29, 1.82) is 0 Å². The molecule has 0 unspecified atom stereocenters. The number of nitrogens with one attached hydrogen (secondary N) is 1. The first kappa shape index (κ1) is 18.5. The van der Waals surface area contributed by atoms with Crippen molar-refractivity contribution in [2.75, 3.05) is 21.3 Å². The normalized spacial score (nSPS) is 15.5. The standard InChI is InChI=1S/C19H21N3O5/c1-24-15-8-12(9-16(25-2)18(15)26-3)14-10-17(27-22-14)19(23)21-11-13-6-4-5-7-20-13/h4-9,17H,10-11H2,1-3H3,(H,21,23)/t17-/m0/s1. The highest BCUT2D eigenvalue weighted by Crippen LogP contribution is 2.39. The molecule has 1 aromatic heterocycles. The van der Waals surface area contributed by atoms with Crippen LogP contribution in [0.3, 0.4) is 0 Å². The monoisotopic (exact) mass is 371 g/mol. The van der Waals surface area contributed by atoms with Crippen LogP contribution < -0.4 is 19.5 Å². The van der Waals surface area contributed by atoms with Gasteiger partial charge < -0.3 is 24.4 Å². The highest BCUT2D eigenvalue weighted by Gasteiger charge is 2.30. The third-order valence-corrected chi connectivity index (χ3v) is 4.13. The van der Waals surface area contributed by atoms with Gasteiger partial charge in [0.1, 0.15) is 0 Å². The Balaban J connectivity index is 1.67. The second-order valence-corrected chi connectivity index (χ2v) is 5.79. The van der Waals surface area contributed by atoms with Gasteiger partial charge in [0.2, 0.25) is 11.9 Å². The van der Waals surface area contributed by atoms with Crippen molar-refractivity contribution in [2.45, 2.75) is 19.1 Å². The number of hydrogen-bond donors (Lipinski definition) is 1. The first-order valence-corrected chi connectivity index (χ1v) is 8.37. The van der Waals surface area contributed by atoms with Crippen LogP contribution in [0.2, 0.25) is 0 Å². The maximum absolute atomic E-state index is 12.3. The summed E-state index contributed by atoms with van der Waals surface area (Å²) in [4.78, 5) is 21.8. The summed E-state index contributed by atoms with van der Waals surface area (Å²) in [6, 6.07) is 9.08. The number of carbonyl (C=O) groups is 1. The van der Waals surface area contributed by atoms with Crippen LogP contribution in [0.4, 0.5) is 0 Å². The molecule has 0 saturated carbocycles. The van der Waals surface area contributed by atoms with Crippen molar-refractivity contribution in [3.05, 3.63) is 47.8 Å². The number of nitrogens with zero attached hydrogens (tertiary/aromatic N) is 2. The first-order chi connectivity index (χ1) is 13.2. The number of pyridine rings is 1. The van der Waals surface area contributed by atoms with Crippen LogP contribution >= 0.6 is 0 Å². The highest BCUT2D eigenvalue weighted by atomic mass is 16.6. The van der Waals surface area contributed by atoms with Gasteiger partial charge in [0.05, 0.1) is 39.3 Å². The van der Waals surface area contributed by atoms with Crippen LogP contribution in [0.15, 0.2) is 41.7 Å². The van der Waals surface area contributed by atoms with Gasteiger partial charge in [0.25, 0.3) is 5.91 Å². The Labute approximate surface area is 157 Å². The topological polar surface area (TPSA) is 91.3 Å². The fourth-order valence-corrected chi connectivity index (χ4v) is 2.73. The molecule has 1 amide bonds. The Kier molecular flexibility index (Phi) is 5.75. The molecule has 1 atom stereocenters. The molecule has 0 aliphatic carbocycles. The largest absolute Gasteiger partial charge is 0.493 e. The van der Waals surface area contributed by atoms with Gasteiger partial charge in [0.15, 0.2) is 11.5 Å². The number of oxime groups is 1. The van der Waals surface area contributed by atoms with Gasteiger partial charge in [0, 0.05) is 18.2 Å². The molecule has 3 rings (SSSR count). The molecule has 8 nitrogen and oxygen atoms in total. The summed E-state index contributed by atoms with van der Waals surface area (Å²) in [6.45, 7) is 0.332. The van der Waals surface area contributed by atoms with Crippen molar-refractivity contribution in [1.82, 2.24) is 10.3 Å². The summed E-state index contributed by atoms with van der Waals surface area (Å²) in [5.41, 5.74) is 2.14. The maximum atomic E-state index is 12.3. The molecule has 142 valence electrons. The molecule has 2 heterocycles. The van der Waals surface area contributed by atoms with Gasteiger partial charge in [-0.3, -0.25) is 9.78 Å². The molecule has 0 radical (unpaired) electrons. The number of benzene rings is 1. The number of ether oxygens (including phenoxy) is 3. The van der Waals surface area contributed by atoms with Gasteiger partial charge in [-0.1, -0.05) is 11.2 Å². The molecule has 0 bridgehead atoms. The van der Waals surface area contributed by atoms with Gasteiger partial charge in [-0.05, 0) is 24.3 Å². The van der Waals surface area contributed by atoms with Crippen LogP contribution in [-0.4, -0.2) is 44.0 Å². The summed E-state index contributed by atoms with van der Waals surface area (Å²) < 4.78 is 16.0. The Hall–Kier alpha value is -3.29. The van der Waals surface area contributed by atoms with Crippen LogP contribution in [0.5, 0.6) is 17.2 Å². The molecule has 1 N–H and O–H groups in total. The number of methoxy groups -OCH3 is 3. The van der Waals surface area contributed by atoms with Crippen molar-refractivity contribution < 1.29 is 23.8 Å². The Morgan fingerprint density at radius 1 is 1.19 bits per heavy atom. The predicted molar refractivity (Wildman–Crippen MR) is 98.2 cm³/mol. The predicted octanol–water partition coefficient (Wildman–Crippen LogP) is 1.92. The fourth-order valence-electron chi connectivity index (χ4n) is 2.73. The van der Waals surface area contributed by atoms with E-state index >= 15 is 0 Å².